The third-order valence-electron chi connectivity index (χ3n) is 2.15. The normalized spacial score (nSPS) is 25.8. The van der Waals surface area contributed by atoms with Crippen molar-refractivity contribution in [2.75, 3.05) is 20.3 Å². The van der Waals surface area contributed by atoms with E-state index in [0.717, 1.165) is 19.4 Å². The second-order valence-electron chi connectivity index (χ2n) is 3.32. The van der Waals surface area contributed by atoms with Crippen molar-refractivity contribution in [1.82, 2.24) is 5.32 Å². The highest BCUT2D eigenvalue weighted by molar-refractivity contribution is 4.63. The SMILES string of the molecule is COCCC(O)NC1CCCCO1. The summed E-state index contributed by atoms with van der Waals surface area (Å²) in [7, 11) is 1.63. The van der Waals surface area contributed by atoms with E-state index in [1.165, 1.54) is 6.42 Å². The van der Waals surface area contributed by atoms with Crippen molar-refractivity contribution in [3.8, 4) is 0 Å². The molecule has 13 heavy (non-hydrogen) atoms. The Morgan fingerprint density at radius 3 is 3.08 bits per heavy atom. The third-order valence-corrected chi connectivity index (χ3v) is 2.15. The second-order valence-corrected chi connectivity index (χ2v) is 3.32. The molecule has 2 atom stereocenters. The van der Waals surface area contributed by atoms with E-state index in [0.29, 0.717) is 13.0 Å². The molecule has 1 heterocycles. The summed E-state index contributed by atoms with van der Waals surface area (Å²) in [6, 6.07) is 0. The van der Waals surface area contributed by atoms with Crippen LogP contribution < -0.4 is 5.32 Å². The first-order valence-electron chi connectivity index (χ1n) is 4.87. The predicted molar refractivity (Wildman–Crippen MR) is 49.2 cm³/mol. The van der Waals surface area contributed by atoms with E-state index in [4.69, 9.17) is 9.47 Å². The quantitative estimate of drug-likeness (QED) is 0.617. The number of hydrogen-bond acceptors (Lipinski definition) is 4. The summed E-state index contributed by atoms with van der Waals surface area (Å²) >= 11 is 0. The van der Waals surface area contributed by atoms with Crippen LogP contribution in [-0.4, -0.2) is 37.9 Å². The highest BCUT2D eigenvalue weighted by atomic mass is 16.5. The van der Waals surface area contributed by atoms with Crippen LogP contribution in [0.25, 0.3) is 0 Å². The lowest BCUT2D eigenvalue weighted by Crippen LogP contribution is -2.42. The minimum Gasteiger partial charge on any atom is -0.385 e. The molecule has 4 nitrogen and oxygen atoms in total. The van der Waals surface area contributed by atoms with Gasteiger partial charge < -0.3 is 14.6 Å². The Morgan fingerprint density at radius 2 is 2.46 bits per heavy atom. The van der Waals surface area contributed by atoms with Crippen molar-refractivity contribution in [3.05, 3.63) is 0 Å². The van der Waals surface area contributed by atoms with Crippen LogP contribution in [-0.2, 0) is 9.47 Å². The van der Waals surface area contributed by atoms with Gasteiger partial charge in [-0.2, -0.15) is 0 Å². The highest BCUT2D eigenvalue weighted by Gasteiger charge is 2.16. The molecule has 0 aromatic heterocycles. The molecule has 0 radical (unpaired) electrons. The van der Waals surface area contributed by atoms with Gasteiger partial charge in [0.1, 0.15) is 12.5 Å². The minimum absolute atomic E-state index is 0.0283. The van der Waals surface area contributed by atoms with E-state index >= 15 is 0 Å². The van der Waals surface area contributed by atoms with Crippen molar-refractivity contribution < 1.29 is 14.6 Å². The lowest BCUT2D eigenvalue weighted by molar-refractivity contribution is -0.0462. The molecular formula is C9H19NO3. The number of ether oxygens (including phenoxy) is 2. The number of rotatable bonds is 5. The van der Waals surface area contributed by atoms with Crippen LogP contribution in [0.5, 0.6) is 0 Å². The number of nitrogens with one attached hydrogen (secondary N) is 1. The number of aliphatic hydroxyl groups excluding tert-OH is 1. The first-order chi connectivity index (χ1) is 6.33. The molecule has 78 valence electrons. The van der Waals surface area contributed by atoms with Gasteiger partial charge in [0.05, 0.1) is 0 Å². The fourth-order valence-corrected chi connectivity index (χ4v) is 1.40. The van der Waals surface area contributed by atoms with Crippen LogP contribution in [0.15, 0.2) is 0 Å². The summed E-state index contributed by atoms with van der Waals surface area (Å²) in [5.41, 5.74) is 0. The number of hydrogen-bond donors (Lipinski definition) is 2. The summed E-state index contributed by atoms with van der Waals surface area (Å²) in [6.07, 6.45) is 3.42. The highest BCUT2D eigenvalue weighted by Crippen LogP contribution is 2.10. The molecule has 0 amide bonds. The fraction of sp³-hybridized carbons (Fsp3) is 1.00. The van der Waals surface area contributed by atoms with Crippen LogP contribution in [0, 0.1) is 0 Å². The van der Waals surface area contributed by atoms with E-state index in [1.54, 1.807) is 7.11 Å². The van der Waals surface area contributed by atoms with Crippen LogP contribution in [0.4, 0.5) is 0 Å². The summed E-state index contributed by atoms with van der Waals surface area (Å²) < 4.78 is 10.3. The van der Waals surface area contributed by atoms with Gasteiger partial charge >= 0.3 is 0 Å². The van der Waals surface area contributed by atoms with Crippen molar-refractivity contribution in [2.45, 2.75) is 38.1 Å². The maximum absolute atomic E-state index is 9.46. The molecule has 1 aliphatic rings. The van der Waals surface area contributed by atoms with Gasteiger partial charge in [0.25, 0.3) is 0 Å². The number of aliphatic hydroxyl groups is 1. The summed E-state index contributed by atoms with van der Waals surface area (Å²) in [4.78, 5) is 0. The molecule has 0 aromatic rings. The van der Waals surface area contributed by atoms with E-state index < -0.39 is 6.23 Å². The zero-order valence-corrected chi connectivity index (χ0v) is 8.16. The largest absolute Gasteiger partial charge is 0.385 e. The molecular weight excluding hydrogens is 170 g/mol. The molecule has 0 bridgehead atoms. The minimum atomic E-state index is -0.511. The molecule has 2 N–H and O–H groups in total. The third kappa shape index (κ3) is 4.57. The van der Waals surface area contributed by atoms with Crippen LogP contribution in [0.3, 0.4) is 0 Å². The molecule has 4 heteroatoms. The van der Waals surface area contributed by atoms with Crippen molar-refractivity contribution >= 4 is 0 Å². The van der Waals surface area contributed by atoms with Crippen molar-refractivity contribution in [1.29, 1.82) is 0 Å². The molecule has 1 aliphatic heterocycles. The Kier molecular flexibility index (Phi) is 5.31. The summed E-state index contributed by atoms with van der Waals surface area (Å²) in [6.45, 7) is 1.37. The first-order valence-corrected chi connectivity index (χ1v) is 4.87. The van der Waals surface area contributed by atoms with Crippen LogP contribution >= 0.6 is 0 Å². The van der Waals surface area contributed by atoms with Crippen LogP contribution in [0.2, 0.25) is 0 Å². The van der Waals surface area contributed by atoms with Gasteiger partial charge in [-0.15, -0.1) is 0 Å². The van der Waals surface area contributed by atoms with Gasteiger partial charge in [0.15, 0.2) is 0 Å². The Balaban J connectivity index is 2.07. The van der Waals surface area contributed by atoms with E-state index in [-0.39, 0.29) is 6.23 Å². The molecule has 1 rings (SSSR count). The van der Waals surface area contributed by atoms with Gasteiger partial charge in [-0.25, -0.2) is 0 Å². The predicted octanol–water partition coefficient (Wildman–Crippen LogP) is 0.457. The molecule has 0 aromatic carbocycles. The van der Waals surface area contributed by atoms with Crippen LogP contribution in [0.1, 0.15) is 25.7 Å². The molecule has 0 saturated carbocycles. The number of methoxy groups -OCH3 is 1. The Bertz CT molecular complexity index is 126. The molecule has 0 spiro atoms. The van der Waals surface area contributed by atoms with Gasteiger partial charge in [0, 0.05) is 26.7 Å². The summed E-state index contributed by atoms with van der Waals surface area (Å²) in [5.74, 6) is 0. The maximum Gasteiger partial charge on any atom is 0.110 e. The monoisotopic (exact) mass is 189 g/mol. The Hall–Kier alpha value is -0.160. The fourth-order valence-electron chi connectivity index (χ4n) is 1.40. The van der Waals surface area contributed by atoms with Crippen molar-refractivity contribution in [3.63, 3.8) is 0 Å². The topological polar surface area (TPSA) is 50.7 Å². The average Bonchev–Trinajstić information content (AvgIpc) is 2.16. The first kappa shape index (κ1) is 10.9. The Morgan fingerprint density at radius 1 is 1.62 bits per heavy atom. The zero-order chi connectivity index (χ0) is 9.52. The smallest absolute Gasteiger partial charge is 0.110 e. The van der Waals surface area contributed by atoms with Gasteiger partial charge in [-0.05, 0) is 19.3 Å². The van der Waals surface area contributed by atoms with Gasteiger partial charge in [0.2, 0.25) is 0 Å². The standard InChI is InChI=1S/C9H19NO3/c1-12-7-5-8(11)10-9-4-2-3-6-13-9/h8-11H,2-7H2,1H3. The van der Waals surface area contributed by atoms with E-state index in [9.17, 15) is 5.11 Å². The second kappa shape index (κ2) is 6.32. The van der Waals surface area contributed by atoms with Gasteiger partial charge in [-0.3, -0.25) is 5.32 Å². The maximum atomic E-state index is 9.46. The zero-order valence-electron chi connectivity index (χ0n) is 8.16. The van der Waals surface area contributed by atoms with Crippen molar-refractivity contribution in [2.24, 2.45) is 0 Å². The van der Waals surface area contributed by atoms with Gasteiger partial charge in [-0.1, -0.05) is 0 Å². The Labute approximate surface area is 79.2 Å². The lowest BCUT2D eigenvalue weighted by Gasteiger charge is -2.26. The molecule has 2 unspecified atom stereocenters. The van der Waals surface area contributed by atoms with E-state index in [2.05, 4.69) is 5.32 Å². The van der Waals surface area contributed by atoms with E-state index in [1.807, 2.05) is 0 Å². The molecule has 1 saturated heterocycles. The molecule has 1 fully saturated rings. The lowest BCUT2D eigenvalue weighted by atomic mass is 10.2. The molecule has 0 aliphatic carbocycles. The summed E-state index contributed by atoms with van der Waals surface area (Å²) in [5, 5.41) is 12.5. The average molecular weight is 189 g/mol.